The molecule has 0 amide bonds. The normalized spacial score (nSPS) is 12.1. The summed E-state index contributed by atoms with van der Waals surface area (Å²) in [6, 6.07) is 0. The fourth-order valence-corrected chi connectivity index (χ4v) is 9.05. The van der Waals surface area contributed by atoms with Crippen LogP contribution < -0.4 is 0 Å². The van der Waals surface area contributed by atoms with E-state index in [0.29, 0.717) is 12.2 Å². The molecule has 3 nitrogen and oxygen atoms in total. The molecular formula is C56H110O3. The van der Waals surface area contributed by atoms with E-state index in [1.165, 1.54) is 263 Å². The first-order valence-corrected chi connectivity index (χ1v) is 27.8. The van der Waals surface area contributed by atoms with E-state index < -0.39 is 0 Å². The first kappa shape index (κ1) is 58.1. The largest absolute Gasteiger partial charge is 0.462 e. The Bertz CT molecular complexity index is 807. The van der Waals surface area contributed by atoms with Gasteiger partial charge in [0.2, 0.25) is 0 Å². The second-order valence-electron chi connectivity index (χ2n) is 19.3. The quantitative estimate of drug-likeness (QED) is 0.0453. The zero-order valence-electron chi connectivity index (χ0n) is 41.2. The van der Waals surface area contributed by atoms with Crippen molar-refractivity contribution in [1.82, 2.24) is 0 Å². The Morgan fingerprint density at radius 1 is 0.271 bits per heavy atom. The Balaban J connectivity index is 3.96. The molecule has 0 aromatic heterocycles. The summed E-state index contributed by atoms with van der Waals surface area (Å²) in [7, 11) is 0. The molecule has 0 heterocycles. The van der Waals surface area contributed by atoms with Crippen LogP contribution in [0.5, 0.6) is 0 Å². The van der Waals surface area contributed by atoms with Crippen molar-refractivity contribution in [2.24, 2.45) is 0 Å². The molecule has 0 aliphatic heterocycles. The number of esters is 1. The van der Waals surface area contributed by atoms with Crippen LogP contribution in [0.2, 0.25) is 0 Å². The third-order valence-electron chi connectivity index (χ3n) is 13.2. The van der Waals surface area contributed by atoms with Crippen LogP contribution in [0.25, 0.3) is 0 Å². The number of Topliss-reactive ketones (excluding diaryl/α,β-unsaturated/α-hetero) is 1. The fraction of sp³-hybridized carbons (Fsp3) is 0.964. The molecule has 3 heteroatoms. The Morgan fingerprint density at radius 2 is 0.475 bits per heavy atom. The van der Waals surface area contributed by atoms with Gasteiger partial charge in [0, 0.05) is 19.3 Å². The minimum Gasteiger partial charge on any atom is -0.462 e. The van der Waals surface area contributed by atoms with E-state index in [1.54, 1.807) is 0 Å². The van der Waals surface area contributed by atoms with Gasteiger partial charge in [-0.2, -0.15) is 0 Å². The molecule has 0 radical (unpaired) electrons. The zero-order valence-corrected chi connectivity index (χ0v) is 41.2. The van der Waals surface area contributed by atoms with Crippen molar-refractivity contribution in [2.45, 2.75) is 348 Å². The average molecular weight is 831 g/mol. The van der Waals surface area contributed by atoms with Gasteiger partial charge in [-0.15, -0.1) is 0 Å². The van der Waals surface area contributed by atoms with Crippen LogP contribution in [0.4, 0.5) is 0 Å². The monoisotopic (exact) mass is 831 g/mol. The Morgan fingerprint density at radius 3 is 0.729 bits per heavy atom. The van der Waals surface area contributed by atoms with Crippen LogP contribution in [0.1, 0.15) is 342 Å². The van der Waals surface area contributed by atoms with Gasteiger partial charge in [0.25, 0.3) is 0 Å². The molecule has 1 atom stereocenters. The van der Waals surface area contributed by atoms with Crippen molar-refractivity contribution in [2.75, 3.05) is 0 Å². The SMILES string of the molecule is CCCCCCCCCCCCCCCCCC(=O)CCCCCCCCC(CCCCCCCCCCC)OC(=O)CCCCCCCCCCCCCCCCC. The van der Waals surface area contributed by atoms with Crippen LogP contribution in [-0.2, 0) is 14.3 Å². The van der Waals surface area contributed by atoms with E-state index >= 15 is 0 Å². The number of carbonyl (C=O) groups excluding carboxylic acids is 2. The highest BCUT2D eigenvalue weighted by Crippen LogP contribution is 2.20. The summed E-state index contributed by atoms with van der Waals surface area (Å²) >= 11 is 0. The van der Waals surface area contributed by atoms with Crippen LogP contribution in [0, 0.1) is 0 Å². The summed E-state index contributed by atoms with van der Waals surface area (Å²) in [4.78, 5) is 25.3. The minimum absolute atomic E-state index is 0.0506. The highest BCUT2D eigenvalue weighted by Gasteiger charge is 2.14. The number of rotatable bonds is 52. The molecule has 0 aliphatic carbocycles. The van der Waals surface area contributed by atoms with Gasteiger partial charge < -0.3 is 4.74 Å². The lowest BCUT2D eigenvalue weighted by Gasteiger charge is -2.18. The topological polar surface area (TPSA) is 43.4 Å². The molecular weight excluding hydrogens is 721 g/mol. The first-order valence-electron chi connectivity index (χ1n) is 27.8. The Kier molecular flexibility index (Phi) is 50.7. The maximum absolute atomic E-state index is 12.9. The highest BCUT2D eigenvalue weighted by atomic mass is 16.5. The molecule has 0 saturated carbocycles. The van der Waals surface area contributed by atoms with Gasteiger partial charge in [0.05, 0.1) is 0 Å². The fourth-order valence-electron chi connectivity index (χ4n) is 9.05. The number of ketones is 1. The lowest BCUT2D eigenvalue weighted by Crippen LogP contribution is -2.18. The van der Waals surface area contributed by atoms with Crippen LogP contribution in [0.3, 0.4) is 0 Å². The number of hydrogen-bond donors (Lipinski definition) is 0. The second kappa shape index (κ2) is 51.5. The van der Waals surface area contributed by atoms with E-state index in [2.05, 4.69) is 20.8 Å². The lowest BCUT2D eigenvalue weighted by molar-refractivity contribution is -0.150. The molecule has 0 aliphatic rings. The standard InChI is InChI=1S/C56H110O3/c1-4-7-10-13-16-19-21-23-25-27-29-32-34-39-44-49-54(57)50-45-40-37-38-42-47-52-55(51-46-41-35-31-18-15-12-9-6-3)59-56(58)53-48-43-36-33-30-28-26-24-22-20-17-14-11-8-5-2/h55H,4-53H2,1-3H3. The number of ether oxygens (including phenoxy) is 1. The summed E-state index contributed by atoms with van der Waals surface area (Å²) in [5.74, 6) is 0.542. The van der Waals surface area contributed by atoms with Crippen molar-refractivity contribution in [3.05, 3.63) is 0 Å². The molecule has 0 saturated heterocycles. The maximum atomic E-state index is 12.9. The molecule has 0 aromatic carbocycles. The number of hydrogen-bond acceptors (Lipinski definition) is 3. The molecule has 352 valence electrons. The van der Waals surface area contributed by atoms with Crippen molar-refractivity contribution < 1.29 is 14.3 Å². The summed E-state index contributed by atoms with van der Waals surface area (Å²) in [5, 5.41) is 0. The number of unbranched alkanes of at least 4 members (excludes halogenated alkanes) is 41. The summed E-state index contributed by atoms with van der Waals surface area (Å²) in [5.41, 5.74) is 0. The average Bonchev–Trinajstić information content (AvgIpc) is 3.23. The Hall–Kier alpha value is -0.860. The minimum atomic E-state index is 0.0506. The van der Waals surface area contributed by atoms with Crippen molar-refractivity contribution in [3.8, 4) is 0 Å². The predicted octanol–water partition coefficient (Wildman–Crippen LogP) is 20.0. The van der Waals surface area contributed by atoms with Gasteiger partial charge >= 0.3 is 5.97 Å². The van der Waals surface area contributed by atoms with Crippen LogP contribution in [0.15, 0.2) is 0 Å². The maximum Gasteiger partial charge on any atom is 0.306 e. The summed E-state index contributed by atoms with van der Waals surface area (Å²) in [6.07, 6.45) is 64.3. The number of carbonyl (C=O) groups is 2. The second-order valence-corrected chi connectivity index (χ2v) is 19.3. The van der Waals surface area contributed by atoms with Crippen LogP contribution >= 0.6 is 0 Å². The van der Waals surface area contributed by atoms with Gasteiger partial charge in [-0.25, -0.2) is 0 Å². The molecule has 0 aromatic rings. The molecule has 59 heavy (non-hydrogen) atoms. The van der Waals surface area contributed by atoms with Gasteiger partial charge in [0.15, 0.2) is 0 Å². The van der Waals surface area contributed by atoms with E-state index in [-0.39, 0.29) is 12.1 Å². The summed E-state index contributed by atoms with van der Waals surface area (Å²) < 4.78 is 6.13. The lowest BCUT2D eigenvalue weighted by atomic mass is 10.0. The van der Waals surface area contributed by atoms with E-state index in [9.17, 15) is 9.59 Å². The van der Waals surface area contributed by atoms with Gasteiger partial charge in [-0.1, -0.05) is 278 Å². The van der Waals surface area contributed by atoms with Crippen LogP contribution in [-0.4, -0.2) is 17.9 Å². The molecule has 0 N–H and O–H groups in total. The molecule has 1 unspecified atom stereocenters. The van der Waals surface area contributed by atoms with E-state index in [1.807, 2.05) is 0 Å². The highest BCUT2D eigenvalue weighted by molar-refractivity contribution is 5.78. The van der Waals surface area contributed by atoms with Gasteiger partial charge in [-0.3, -0.25) is 9.59 Å². The van der Waals surface area contributed by atoms with Crippen molar-refractivity contribution >= 4 is 11.8 Å². The van der Waals surface area contributed by atoms with Gasteiger partial charge in [0.1, 0.15) is 11.9 Å². The summed E-state index contributed by atoms with van der Waals surface area (Å²) in [6.45, 7) is 6.88. The van der Waals surface area contributed by atoms with Crippen molar-refractivity contribution in [3.63, 3.8) is 0 Å². The molecule has 0 bridgehead atoms. The smallest absolute Gasteiger partial charge is 0.306 e. The van der Waals surface area contributed by atoms with Crippen molar-refractivity contribution in [1.29, 1.82) is 0 Å². The third-order valence-corrected chi connectivity index (χ3v) is 13.2. The van der Waals surface area contributed by atoms with E-state index in [4.69, 9.17) is 4.74 Å². The molecule has 0 fully saturated rings. The van der Waals surface area contributed by atoms with Gasteiger partial charge in [-0.05, 0) is 44.9 Å². The molecule has 0 rings (SSSR count). The predicted molar refractivity (Wildman–Crippen MR) is 263 cm³/mol. The third kappa shape index (κ3) is 49.7. The first-order chi connectivity index (χ1) is 29.1. The van der Waals surface area contributed by atoms with E-state index in [0.717, 1.165) is 51.4 Å². The zero-order chi connectivity index (χ0) is 42.8. The molecule has 0 spiro atoms. The Labute approximate surface area is 372 Å².